The van der Waals surface area contributed by atoms with Crippen molar-refractivity contribution in [3.63, 3.8) is 0 Å². The summed E-state index contributed by atoms with van der Waals surface area (Å²) in [5, 5.41) is 14.1. The minimum atomic E-state index is 0.675. The van der Waals surface area contributed by atoms with E-state index in [1.54, 1.807) is 0 Å². The van der Waals surface area contributed by atoms with Gasteiger partial charge in [-0.3, -0.25) is 0 Å². The second-order valence-electron chi connectivity index (χ2n) is 11.7. The van der Waals surface area contributed by atoms with Crippen molar-refractivity contribution in [2.24, 2.45) is 0 Å². The number of nitrogens with zero attached hydrogens (tertiary/aromatic N) is 1. The van der Waals surface area contributed by atoms with Crippen molar-refractivity contribution >= 4 is 21.5 Å². The van der Waals surface area contributed by atoms with Crippen LogP contribution in [0.4, 0.5) is 0 Å². The fraction of sp³-hybridized carbons (Fsp3) is 0. The summed E-state index contributed by atoms with van der Waals surface area (Å²) in [6, 6.07) is 64.8. The molecule has 1 heteroatoms. The zero-order valence-corrected chi connectivity index (χ0v) is 25.2. The maximum Gasteiger partial charge on any atom is 0.0991 e. The van der Waals surface area contributed by atoms with Crippen LogP contribution in [-0.4, -0.2) is 0 Å². The van der Waals surface area contributed by atoms with E-state index in [9.17, 15) is 0 Å². The SMILES string of the molecule is N#Cc1ccc(-c2ccc3c(ccc4cc(-c5cccc(-c6ccc(-c7ccccc7)cc6-c6ccccc6)c5)ccc43)c2)cc1. The van der Waals surface area contributed by atoms with Crippen LogP contribution in [0.15, 0.2) is 176 Å². The Morgan fingerprint density at radius 2 is 0.783 bits per heavy atom. The van der Waals surface area contributed by atoms with Crippen LogP contribution in [0.5, 0.6) is 0 Å². The minimum absolute atomic E-state index is 0.675. The number of nitriles is 1. The molecule has 0 spiro atoms. The van der Waals surface area contributed by atoms with Crippen LogP contribution in [-0.2, 0) is 0 Å². The molecular weight excluding hydrogens is 555 g/mol. The molecule has 0 heterocycles. The Balaban J connectivity index is 1.17. The van der Waals surface area contributed by atoms with E-state index in [4.69, 9.17) is 5.26 Å². The van der Waals surface area contributed by atoms with Crippen LogP contribution >= 0.6 is 0 Å². The number of hydrogen-bond donors (Lipinski definition) is 0. The zero-order chi connectivity index (χ0) is 30.9. The van der Waals surface area contributed by atoms with Crippen molar-refractivity contribution in [3.8, 4) is 61.7 Å². The Morgan fingerprint density at radius 1 is 0.304 bits per heavy atom. The lowest BCUT2D eigenvalue weighted by atomic mass is 9.89. The molecule has 0 amide bonds. The van der Waals surface area contributed by atoms with Gasteiger partial charge in [0.25, 0.3) is 0 Å². The molecule has 214 valence electrons. The third kappa shape index (κ3) is 5.13. The van der Waals surface area contributed by atoms with E-state index in [2.05, 4.69) is 158 Å². The lowest BCUT2D eigenvalue weighted by molar-refractivity contribution is 1.48. The number of benzene rings is 8. The van der Waals surface area contributed by atoms with Crippen LogP contribution in [0, 0.1) is 11.3 Å². The molecule has 0 saturated carbocycles. The summed E-state index contributed by atoms with van der Waals surface area (Å²) in [7, 11) is 0. The van der Waals surface area contributed by atoms with Gasteiger partial charge in [-0.05, 0) is 114 Å². The first-order chi connectivity index (χ1) is 22.7. The molecule has 8 rings (SSSR count). The van der Waals surface area contributed by atoms with Crippen LogP contribution in [0.3, 0.4) is 0 Å². The summed E-state index contributed by atoms with van der Waals surface area (Å²) in [6.45, 7) is 0. The maximum atomic E-state index is 9.15. The largest absolute Gasteiger partial charge is 0.192 e. The molecule has 0 aliphatic rings. The van der Waals surface area contributed by atoms with Crippen LogP contribution in [0.25, 0.3) is 77.2 Å². The van der Waals surface area contributed by atoms with E-state index in [0.717, 1.165) is 11.1 Å². The highest BCUT2D eigenvalue weighted by molar-refractivity contribution is 6.09. The summed E-state index contributed by atoms with van der Waals surface area (Å²) in [5.41, 5.74) is 12.6. The van der Waals surface area contributed by atoms with Gasteiger partial charge in [0, 0.05) is 0 Å². The molecule has 0 aromatic heterocycles. The first kappa shape index (κ1) is 27.3. The molecule has 1 nitrogen and oxygen atoms in total. The van der Waals surface area contributed by atoms with Crippen molar-refractivity contribution in [3.05, 3.63) is 181 Å². The molecule has 0 atom stereocenters. The number of rotatable bonds is 5. The van der Waals surface area contributed by atoms with Crippen molar-refractivity contribution in [1.82, 2.24) is 0 Å². The summed E-state index contributed by atoms with van der Waals surface area (Å²) >= 11 is 0. The molecule has 0 bridgehead atoms. The first-order valence-electron chi connectivity index (χ1n) is 15.6. The molecule has 0 aliphatic carbocycles. The van der Waals surface area contributed by atoms with Gasteiger partial charge in [0.2, 0.25) is 0 Å². The van der Waals surface area contributed by atoms with Crippen LogP contribution in [0.1, 0.15) is 5.56 Å². The average molecular weight is 584 g/mol. The van der Waals surface area contributed by atoms with Gasteiger partial charge in [-0.15, -0.1) is 0 Å². The summed E-state index contributed by atoms with van der Waals surface area (Å²) in [5.74, 6) is 0. The number of fused-ring (bicyclic) bond motifs is 3. The second-order valence-corrected chi connectivity index (χ2v) is 11.7. The fourth-order valence-electron chi connectivity index (χ4n) is 6.50. The minimum Gasteiger partial charge on any atom is -0.192 e. The maximum absolute atomic E-state index is 9.15. The highest BCUT2D eigenvalue weighted by Crippen LogP contribution is 2.38. The Morgan fingerprint density at radius 3 is 1.43 bits per heavy atom. The van der Waals surface area contributed by atoms with Gasteiger partial charge in [-0.2, -0.15) is 5.26 Å². The third-order valence-corrected chi connectivity index (χ3v) is 8.90. The first-order valence-corrected chi connectivity index (χ1v) is 15.6. The predicted octanol–water partition coefficient (Wildman–Crippen LogP) is 12.2. The quantitative estimate of drug-likeness (QED) is 0.185. The fourth-order valence-corrected chi connectivity index (χ4v) is 6.50. The second kappa shape index (κ2) is 11.7. The Bertz CT molecular complexity index is 2400. The van der Waals surface area contributed by atoms with Crippen LogP contribution in [0.2, 0.25) is 0 Å². The Hall–Kier alpha value is -6.23. The third-order valence-electron chi connectivity index (χ3n) is 8.90. The molecular formula is C45H29N. The molecule has 0 radical (unpaired) electrons. The number of hydrogen-bond acceptors (Lipinski definition) is 1. The van der Waals surface area contributed by atoms with Gasteiger partial charge in [0.05, 0.1) is 11.6 Å². The van der Waals surface area contributed by atoms with Gasteiger partial charge in [0.15, 0.2) is 0 Å². The molecule has 8 aromatic carbocycles. The highest BCUT2D eigenvalue weighted by Gasteiger charge is 2.12. The monoisotopic (exact) mass is 583 g/mol. The Labute approximate surface area is 269 Å². The molecule has 0 aliphatic heterocycles. The summed E-state index contributed by atoms with van der Waals surface area (Å²) in [4.78, 5) is 0. The topological polar surface area (TPSA) is 23.8 Å². The van der Waals surface area contributed by atoms with Gasteiger partial charge in [-0.1, -0.05) is 140 Å². The molecule has 0 unspecified atom stereocenters. The normalized spacial score (nSPS) is 11.0. The highest BCUT2D eigenvalue weighted by atomic mass is 14.2. The van der Waals surface area contributed by atoms with Crippen molar-refractivity contribution in [2.45, 2.75) is 0 Å². The molecule has 46 heavy (non-hydrogen) atoms. The van der Waals surface area contributed by atoms with E-state index in [-0.39, 0.29) is 0 Å². The molecule has 0 fully saturated rings. The zero-order valence-electron chi connectivity index (χ0n) is 25.2. The summed E-state index contributed by atoms with van der Waals surface area (Å²) < 4.78 is 0. The van der Waals surface area contributed by atoms with Gasteiger partial charge in [-0.25, -0.2) is 0 Å². The van der Waals surface area contributed by atoms with E-state index in [1.807, 2.05) is 24.3 Å². The Kier molecular flexibility index (Phi) is 6.95. The lowest BCUT2D eigenvalue weighted by Gasteiger charge is -2.15. The van der Waals surface area contributed by atoms with Gasteiger partial charge >= 0.3 is 0 Å². The summed E-state index contributed by atoms with van der Waals surface area (Å²) in [6.07, 6.45) is 0. The average Bonchev–Trinajstić information content (AvgIpc) is 3.15. The van der Waals surface area contributed by atoms with Crippen LogP contribution < -0.4 is 0 Å². The predicted molar refractivity (Wildman–Crippen MR) is 193 cm³/mol. The molecule has 0 N–H and O–H groups in total. The standard InChI is InChI=1S/C45H29N/c46-30-31-14-16-33(17-15-31)36-20-23-42-40(27-36)18-19-41-28-37(21-24-43(41)42)35-12-7-13-39(26-35)44-25-22-38(32-8-3-1-4-9-32)29-45(44)34-10-5-2-6-11-34/h1-29H. The van der Waals surface area contributed by atoms with E-state index in [1.165, 1.54) is 66.1 Å². The molecule has 0 saturated heterocycles. The lowest BCUT2D eigenvalue weighted by Crippen LogP contribution is -1.89. The smallest absolute Gasteiger partial charge is 0.0991 e. The van der Waals surface area contributed by atoms with Gasteiger partial charge < -0.3 is 0 Å². The van der Waals surface area contributed by atoms with E-state index >= 15 is 0 Å². The van der Waals surface area contributed by atoms with E-state index < -0.39 is 0 Å². The molecule has 8 aromatic rings. The van der Waals surface area contributed by atoms with Crippen molar-refractivity contribution < 1.29 is 0 Å². The van der Waals surface area contributed by atoms with Gasteiger partial charge in [0.1, 0.15) is 0 Å². The van der Waals surface area contributed by atoms with Crippen molar-refractivity contribution in [1.29, 1.82) is 5.26 Å². The van der Waals surface area contributed by atoms with E-state index in [0.29, 0.717) is 5.56 Å². The van der Waals surface area contributed by atoms with Crippen molar-refractivity contribution in [2.75, 3.05) is 0 Å².